The fourth-order valence-corrected chi connectivity index (χ4v) is 1.90. The van der Waals surface area contributed by atoms with Crippen molar-refractivity contribution in [2.45, 2.75) is 39.7 Å². The van der Waals surface area contributed by atoms with E-state index in [1.165, 1.54) is 7.11 Å². The maximum atomic E-state index is 12.2. The molecule has 2 N–H and O–H groups in total. The molecule has 0 radical (unpaired) electrons. The number of amides is 1. The maximum absolute atomic E-state index is 12.2. The Morgan fingerprint density at radius 3 is 2.48 bits per heavy atom. The van der Waals surface area contributed by atoms with E-state index in [0.29, 0.717) is 36.0 Å². The predicted octanol–water partition coefficient (Wildman–Crippen LogP) is 2.71. The normalized spacial score (nSPS) is 11.9. The summed E-state index contributed by atoms with van der Waals surface area (Å²) < 4.78 is 10.9. The summed E-state index contributed by atoms with van der Waals surface area (Å²) in [5.74, 6) is 0.335. The van der Waals surface area contributed by atoms with Crippen LogP contribution in [0.25, 0.3) is 0 Å². The summed E-state index contributed by atoms with van der Waals surface area (Å²) in [7, 11) is 1.52. The van der Waals surface area contributed by atoms with Gasteiger partial charge in [-0.05, 0) is 37.5 Å². The second kappa shape index (κ2) is 9.02. The number of hydrogen-bond acceptors (Lipinski definition) is 4. The Hall–Kier alpha value is -2.24. The fraction of sp³-hybridized carbons (Fsp3) is 0.529. The van der Waals surface area contributed by atoms with Crippen LogP contribution in [0.15, 0.2) is 18.2 Å². The van der Waals surface area contributed by atoms with E-state index in [0.717, 1.165) is 0 Å². The number of rotatable bonds is 9. The maximum Gasteiger partial charge on any atom is 0.303 e. The van der Waals surface area contributed by atoms with Crippen molar-refractivity contribution in [2.24, 2.45) is 5.92 Å². The zero-order valence-corrected chi connectivity index (χ0v) is 14.1. The minimum absolute atomic E-state index is 0.0206. The first-order chi connectivity index (χ1) is 10.8. The van der Waals surface area contributed by atoms with E-state index in [2.05, 4.69) is 5.32 Å². The minimum atomic E-state index is -0.876. The van der Waals surface area contributed by atoms with Crippen molar-refractivity contribution in [3.05, 3.63) is 23.8 Å². The summed E-state index contributed by atoms with van der Waals surface area (Å²) in [6.07, 6.45) is 0.403. The predicted molar refractivity (Wildman–Crippen MR) is 87.1 cm³/mol. The van der Waals surface area contributed by atoms with Crippen molar-refractivity contribution < 1.29 is 24.2 Å². The van der Waals surface area contributed by atoms with Gasteiger partial charge < -0.3 is 19.9 Å². The van der Waals surface area contributed by atoms with Gasteiger partial charge in [0.1, 0.15) is 0 Å². The monoisotopic (exact) mass is 323 g/mol. The number of ether oxygens (including phenoxy) is 2. The average molecular weight is 323 g/mol. The average Bonchev–Trinajstić information content (AvgIpc) is 2.50. The number of hydrogen-bond donors (Lipinski definition) is 2. The third-order valence-corrected chi connectivity index (χ3v) is 3.17. The van der Waals surface area contributed by atoms with Gasteiger partial charge in [-0.1, -0.05) is 13.8 Å². The van der Waals surface area contributed by atoms with Crippen molar-refractivity contribution in [2.75, 3.05) is 13.7 Å². The van der Waals surface area contributed by atoms with Gasteiger partial charge >= 0.3 is 5.97 Å². The Morgan fingerprint density at radius 2 is 1.91 bits per heavy atom. The topological polar surface area (TPSA) is 84.9 Å². The lowest BCUT2D eigenvalue weighted by Gasteiger charge is -2.15. The molecule has 0 heterocycles. The minimum Gasteiger partial charge on any atom is -0.493 e. The van der Waals surface area contributed by atoms with Crippen LogP contribution in [0.1, 0.15) is 44.0 Å². The first-order valence-corrected chi connectivity index (χ1v) is 7.67. The highest BCUT2D eigenvalue weighted by Gasteiger charge is 2.14. The highest BCUT2D eigenvalue weighted by molar-refractivity contribution is 5.95. The Kier molecular flexibility index (Phi) is 7.38. The largest absolute Gasteiger partial charge is 0.493 e. The van der Waals surface area contributed by atoms with Crippen LogP contribution in [0.5, 0.6) is 11.5 Å². The summed E-state index contributed by atoms with van der Waals surface area (Å²) in [5.41, 5.74) is 0.445. The molecule has 0 bridgehead atoms. The molecular weight excluding hydrogens is 298 g/mol. The molecule has 1 unspecified atom stereocenters. The molecule has 0 aliphatic heterocycles. The molecule has 1 atom stereocenters. The zero-order valence-electron chi connectivity index (χ0n) is 14.1. The SMILES string of the molecule is COc1cc(C(=O)NC(C)CCC(=O)O)ccc1OCC(C)C. The van der Waals surface area contributed by atoms with Crippen molar-refractivity contribution in [1.29, 1.82) is 0 Å². The van der Waals surface area contributed by atoms with Gasteiger partial charge in [-0.3, -0.25) is 9.59 Å². The van der Waals surface area contributed by atoms with Crippen LogP contribution in [0, 0.1) is 5.92 Å². The molecule has 0 saturated heterocycles. The van der Waals surface area contributed by atoms with Gasteiger partial charge in [0.15, 0.2) is 11.5 Å². The number of aliphatic carboxylic acids is 1. The van der Waals surface area contributed by atoms with E-state index in [1.807, 2.05) is 13.8 Å². The Bertz CT molecular complexity index is 542. The third kappa shape index (κ3) is 6.59. The van der Waals surface area contributed by atoms with Crippen molar-refractivity contribution in [3.8, 4) is 11.5 Å². The molecule has 1 aromatic rings. The Labute approximate surface area is 136 Å². The van der Waals surface area contributed by atoms with Gasteiger partial charge in [-0.15, -0.1) is 0 Å². The van der Waals surface area contributed by atoms with Crippen LogP contribution in [0.4, 0.5) is 0 Å². The number of nitrogens with one attached hydrogen (secondary N) is 1. The number of carboxylic acid groups (broad SMARTS) is 1. The van der Waals surface area contributed by atoms with E-state index in [9.17, 15) is 9.59 Å². The summed E-state index contributed by atoms with van der Waals surface area (Å²) in [6, 6.07) is 4.77. The lowest BCUT2D eigenvalue weighted by Crippen LogP contribution is -2.32. The number of carbonyl (C=O) groups excluding carboxylic acids is 1. The number of methoxy groups -OCH3 is 1. The third-order valence-electron chi connectivity index (χ3n) is 3.17. The molecule has 1 rings (SSSR count). The lowest BCUT2D eigenvalue weighted by atomic mass is 10.1. The van der Waals surface area contributed by atoms with Crippen molar-refractivity contribution in [1.82, 2.24) is 5.32 Å². The van der Waals surface area contributed by atoms with Gasteiger partial charge in [-0.25, -0.2) is 0 Å². The Balaban J connectivity index is 2.72. The van der Waals surface area contributed by atoms with Gasteiger partial charge in [0.05, 0.1) is 13.7 Å². The molecule has 0 aliphatic rings. The summed E-state index contributed by atoms with van der Waals surface area (Å²) in [5, 5.41) is 11.4. The summed E-state index contributed by atoms with van der Waals surface area (Å²) in [6.45, 7) is 6.44. The van der Waals surface area contributed by atoms with Gasteiger partial charge in [0.25, 0.3) is 5.91 Å². The molecule has 0 aromatic heterocycles. The van der Waals surface area contributed by atoms with Crippen LogP contribution in [0.3, 0.4) is 0 Å². The summed E-state index contributed by atoms with van der Waals surface area (Å²) in [4.78, 5) is 22.7. The van der Waals surface area contributed by atoms with Crippen LogP contribution in [-0.4, -0.2) is 36.7 Å². The number of carbonyl (C=O) groups is 2. The zero-order chi connectivity index (χ0) is 17.4. The number of carboxylic acids is 1. The van der Waals surface area contributed by atoms with E-state index in [4.69, 9.17) is 14.6 Å². The molecule has 128 valence electrons. The highest BCUT2D eigenvalue weighted by atomic mass is 16.5. The van der Waals surface area contributed by atoms with E-state index >= 15 is 0 Å². The van der Waals surface area contributed by atoms with Crippen molar-refractivity contribution in [3.63, 3.8) is 0 Å². The van der Waals surface area contributed by atoms with Gasteiger partial charge in [0.2, 0.25) is 0 Å². The standard InChI is InChI=1S/C17H25NO5/c1-11(2)10-23-14-7-6-13(9-15(14)22-4)17(21)18-12(3)5-8-16(19)20/h6-7,9,11-12H,5,8,10H2,1-4H3,(H,18,21)(H,19,20). The van der Waals surface area contributed by atoms with Crippen LogP contribution in [0.2, 0.25) is 0 Å². The second-order valence-corrected chi connectivity index (χ2v) is 5.88. The van der Waals surface area contributed by atoms with Crippen LogP contribution >= 0.6 is 0 Å². The van der Waals surface area contributed by atoms with E-state index in [1.54, 1.807) is 25.1 Å². The van der Waals surface area contributed by atoms with Gasteiger partial charge in [0, 0.05) is 18.0 Å². The molecule has 0 fully saturated rings. The molecular formula is C17H25NO5. The molecule has 0 aliphatic carbocycles. The smallest absolute Gasteiger partial charge is 0.303 e. The lowest BCUT2D eigenvalue weighted by molar-refractivity contribution is -0.137. The molecule has 23 heavy (non-hydrogen) atoms. The molecule has 1 aromatic carbocycles. The molecule has 1 amide bonds. The van der Waals surface area contributed by atoms with Crippen LogP contribution < -0.4 is 14.8 Å². The van der Waals surface area contributed by atoms with Crippen LogP contribution in [-0.2, 0) is 4.79 Å². The highest BCUT2D eigenvalue weighted by Crippen LogP contribution is 2.28. The molecule has 6 heteroatoms. The van der Waals surface area contributed by atoms with E-state index in [-0.39, 0.29) is 18.4 Å². The fourth-order valence-electron chi connectivity index (χ4n) is 1.90. The molecule has 6 nitrogen and oxygen atoms in total. The summed E-state index contributed by atoms with van der Waals surface area (Å²) >= 11 is 0. The van der Waals surface area contributed by atoms with Gasteiger partial charge in [-0.2, -0.15) is 0 Å². The molecule has 0 spiro atoms. The van der Waals surface area contributed by atoms with Crippen molar-refractivity contribution >= 4 is 11.9 Å². The second-order valence-electron chi connectivity index (χ2n) is 5.88. The first kappa shape index (κ1) is 18.8. The molecule has 0 saturated carbocycles. The van der Waals surface area contributed by atoms with E-state index < -0.39 is 5.97 Å². The Morgan fingerprint density at radius 1 is 1.22 bits per heavy atom. The number of benzene rings is 1. The quantitative estimate of drug-likeness (QED) is 0.730. The first-order valence-electron chi connectivity index (χ1n) is 7.67.